The first-order valence-electron chi connectivity index (χ1n) is 7.18. The molecule has 1 aliphatic heterocycles. The number of hydrogen-bond donors (Lipinski definition) is 2. The van der Waals surface area contributed by atoms with E-state index in [4.69, 9.17) is 9.47 Å². The third-order valence-electron chi connectivity index (χ3n) is 4.01. The lowest BCUT2D eigenvalue weighted by molar-refractivity contribution is -0.144. The van der Waals surface area contributed by atoms with E-state index in [0.717, 1.165) is 0 Å². The zero-order valence-electron chi connectivity index (χ0n) is 14.2. The van der Waals surface area contributed by atoms with Gasteiger partial charge in [-0.1, -0.05) is 0 Å². The Morgan fingerprint density at radius 1 is 1.22 bits per heavy atom. The number of amides is 1. The lowest BCUT2D eigenvalue weighted by Crippen LogP contribution is -2.63. The van der Waals surface area contributed by atoms with Crippen molar-refractivity contribution in [3.05, 3.63) is 12.1 Å². The fraction of sp³-hybridized carbons (Fsp3) is 0.500. The quantitative estimate of drug-likeness (QED) is 0.882. The first-order chi connectivity index (χ1) is 10.6. The number of rotatable bonds is 4. The van der Waals surface area contributed by atoms with Gasteiger partial charge in [0.2, 0.25) is 0 Å². The molecular weight excluding hydrogens is 300 g/mol. The third-order valence-corrected chi connectivity index (χ3v) is 4.01. The van der Waals surface area contributed by atoms with Gasteiger partial charge in [-0.2, -0.15) is 0 Å². The molecule has 0 bridgehead atoms. The summed E-state index contributed by atoms with van der Waals surface area (Å²) in [4.78, 5) is 25.8. The van der Waals surface area contributed by atoms with Gasteiger partial charge >= 0.3 is 5.97 Å². The average Bonchev–Trinajstić information content (AvgIpc) is 2.46. The van der Waals surface area contributed by atoms with Gasteiger partial charge in [-0.05, 0) is 27.7 Å². The van der Waals surface area contributed by atoms with Gasteiger partial charge in [-0.25, -0.2) is 4.79 Å². The van der Waals surface area contributed by atoms with Gasteiger partial charge in [-0.3, -0.25) is 9.69 Å². The molecule has 0 saturated heterocycles. The summed E-state index contributed by atoms with van der Waals surface area (Å²) in [6, 6.07) is 3.31. The SMILES string of the molecule is COc1cc2c(cc1OC)N(C(C)(C)C(=O)O)C(=O)C(C)(C)N2. The molecule has 2 N–H and O–H groups in total. The first-order valence-corrected chi connectivity index (χ1v) is 7.18. The van der Waals surface area contributed by atoms with Gasteiger partial charge in [-0.15, -0.1) is 0 Å². The largest absolute Gasteiger partial charge is 0.493 e. The number of nitrogens with zero attached hydrogens (tertiary/aromatic N) is 1. The average molecular weight is 322 g/mol. The van der Waals surface area contributed by atoms with E-state index in [1.807, 2.05) is 0 Å². The van der Waals surface area contributed by atoms with Crippen molar-refractivity contribution in [1.29, 1.82) is 0 Å². The second-order valence-electron chi connectivity index (χ2n) is 6.48. The molecule has 0 fully saturated rings. The number of aliphatic carboxylic acids is 1. The molecule has 0 radical (unpaired) electrons. The third kappa shape index (κ3) is 2.56. The van der Waals surface area contributed by atoms with Gasteiger partial charge in [0, 0.05) is 12.1 Å². The molecule has 1 aromatic carbocycles. The normalized spacial score (nSPS) is 16.4. The van der Waals surface area contributed by atoms with Crippen LogP contribution in [0.5, 0.6) is 11.5 Å². The lowest BCUT2D eigenvalue weighted by Gasteiger charge is -2.45. The Labute approximate surface area is 135 Å². The molecular formula is C16H22N2O5. The topological polar surface area (TPSA) is 88.1 Å². The van der Waals surface area contributed by atoms with E-state index in [1.54, 1.807) is 26.0 Å². The minimum atomic E-state index is -1.41. The van der Waals surface area contributed by atoms with E-state index in [0.29, 0.717) is 22.9 Å². The highest BCUT2D eigenvalue weighted by molar-refractivity contribution is 6.12. The maximum atomic E-state index is 12.8. The molecule has 126 valence electrons. The molecule has 0 unspecified atom stereocenters. The minimum Gasteiger partial charge on any atom is -0.493 e. The number of ether oxygens (including phenoxy) is 2. The molecule has 1 aromatic rings. The van der Waals surface area contributed by atoms with Crippen molar-refractivity contribution in [1.82, 2.24) is 0 Å². The molecule has 1 amide bonds. The second-order valence-corrected chi connectivity index (χ2v) is 6.48. The van der Waals surface area contributed by atoms with Crippen LogP contribution in [-0.4, -0.2) is 42.3 Å². The number of benzene rings is 1. The van der Waals surface area contributed by atoms with Crippen LogP contribution in [-0.2, 0) is 9.59 Å². The molecule has 7 nitrogen and oxygen atoms in total. The summed E-state index contributed by atoms with van der Waals surface area (Å²) in [7, 11) is 3.00. The Bertz CT molecular complexity index is 667. The van der Waals surface area contributed by atoms with Crippen molar-refractivity contribution < 1.29 is 24.2 Å². The Morgan fingerprint density at radius 2 is 1.74 bits per heavy atom. The van der Waals surface area contributed by atoms with Gasteiger partial charge in [0.1, 0.15) is 11.1 Å². The van der Waals surface area contributed by atoms with E-state index in [2.05, 4.69) is 5.32 Å². The summed E-state index contributed by atoms with van der Waals surface area (Å²) in [6.45, 7) is 6.41. The predicted molar refractivity (Wildman–Crippen MR) is 86.4 cm³/mol. The first kappa shape index (κ1) is 16.9. The predicted octanol–water partition coefficient (Wildman–Crippen LogP) is 2.10. The fourth-order valence-corrected chi connectivity index (χ4v) is 2.58. The molecule has 0 aromatic heterocycles. The number of hydrogen-bond acceptors (Lipinski definition) is 5. The molecule has 7 heteroatoms. The number of nitrogens with one attached hydrogen (secondary N) is 1. The van der Waals surface area contributed by atoms with Crippen LogP contribution in [0.4, 0.5) is 11.4 Å². The summed E-state index contributed by atoms with van der Waals surface area (Å²) in [5.41, 5.74) is -1.30. The number of carbonyl (C=O) groups excluding carboxylic acids is 1. The highest BCUT2D eigenvalue weighted by Gasteiger charge is 2.48. The van der Waals surface area contributed by atoms with Crippen LogP contribution in [0.3, 0.4) is 0 Å². The molecule has 23 heavy (non-hydrogen) atoms. The van der Waals surface area contributed by atoms with E-state index in [-0.39, 0.29) is 5.91 Å². The number of methoxy groups -OCH3 is 2. The fourth-order valence-electron chi connectivity index (χ4n) is 2.58. The maximum absolute atomic E-state index is 12.8. The standard InChI is InChI=1S/C16H22N2O5/c1-15(2)13(19)18(16(3,4)14(20)21)10-8-12(23-6)11(22-5)7-9(10)17-15/h7-8,17H,1-6H3,(H,20,21). The molecule has 1 aliphatic rings. The molecule has 2 rings (SSSR count). The van der Waals surface area contributed by atoms with E-state index < -0.39 is 17.0 Å². The van der Waals surface area contributed by atoms with Crippen LogP contribution >= 0.6 is 0 Å². The maximum Gasteiger partial charge on any atom is 0.329 e. The van der Waals surface area contributed by atoms with E-state index in [1.165, 1.54) is 33.0 Å². The summed E-state index contributed by atoms with van der Waals surface area (Å²) < 4.78 is 10.6. The van der Waals surface area contributed by atoms with Crippen LogP contribution in [0.25, 0.3) is 0 Å². The Balaban J connectivity index is 2.74. The van der Waals surface area contributed by atoms with Crippen molar-refractivity contribution in [2.75, 3.05) is 24.4 Å². The summed E-state index contributed by atoms with van der Waals surface area (Å²) >= 11 is 0. The van der Waals surface area contributed by atoms with Crippen LogP contribution in [0, 0.1) is 0 Å². The van der Waals surface area contributed by atoms with Gasteiger partial charge in [0.05, 0.1) is 25.6 Å². The zero-order valence-corrected chi connectivity index (χ0v) is 14.2. The number of carboxylic acid groups (broad SMARTS) is 1. The highest BCUT2D eigenvalue weighted by atomic mass is 16.5. The Morgan fingerprint density at radius 3 is 2.22 bits per heavy atom. The van der Waals surface area contributed by atoms with Crippen molar-refractivity contribution in [2.24, 2.45) is 0 Å². The van der Waals surface area contributed by atoms with Crippen molar-refractivity contribution >= 4 is 23.3 Å². The second kappa shape index (κ2) is 5.33. The summed E-state index contributed by atoms with van der Waals surface area (Å²) in [5.74, 6) is -0.502. The zero-order chi connectivity index (χ0) is 17.6. The summed E-state index contributed by atoms with van der Waals surface area (Å²) in [6.07, 6.45) is 0. The molecule has 0 aliphatic carbocycles. The number of carbonyl (C=O) groups is 2. The van der Waals surface area contributed by atoms with Crippen LogP contribution in [0.15, 0.2) is 12.1 Å². The Kier molecular flexibility index (Phi) is 3.92. The highest BCUT2D eigenvalue weighted by Crippen LogP contribution is 2.45. The minimum absolute atomic E-state index is 0.329. The van der Waals surface area contributed by atoms with Gasteiger partial charge in [0.25, 0.3) is 5.91 Å². The monoisotopic (exact) mass is 322 g/mol. The molecule has 1 heterocycles. The van der Waals surface area contributed by atoms with Gasteiger partial charge in [0.15, 0.2) is 11.5 Å². The lowest BCUT2D eigenvalue weighted by atomic mass is 9.91. The number of anilines is 2. The molecule has 0 atom stereocenters. The Hall–Kier alpha value is -2.44. The smallest absolute Gasteiger partial charge is 0.329 e. The number of carboxylic acids is 1. The van der Waals surface area contributed by atoms with E-state index >= 15 is 0 Å². The van der Waals surface area contributed by atoms with Crippen molar-refractivity contribution in [2.45, 2.75) is 38.8 Å². The molecule has 0 spiro atoms. The number of fused-ring (bicyclic) bond motifs is 1. The van der Waals surface area contributed by atoms with Crippen LogP contribution in [0.1, 0.15) is 27.7 Å². The van der Waals surface area contributed by atoms with Crippen LogP contribution < -0.4 is 19.7 Å². The van der Waals surface area contributed by atoms with Crippen LogP contribution in [0.2, 0.25) is 0 Å². The molecule has 0 saturated carbocycles. The summed E-state index contributed by atoms with van der Waals surface area (Å²) in [5, 5.41) is 12.7. The van der Waals surface area contributed by atoms with Crippen molar-refractivity contribution in [3.63, 3.8) is 0 Å². The van der Waals surface area contributed by atoms with Gasteiger partial charge < -0.3 is 19.9 Å². The van der Waals surface area contributed by atoms with Crippen molar-refractivity contribution in [3.8, 4) is 11.5 Å². The van der Waals surface area contributed by atoms with E-state index in [9.17, 15) is 14.7 Å².